The molecule has 0 spiro atoms. The highest BCUT2D eigenvalue weighted by atomic mass is 16.5. The van der Waals surface area contributed by atoms with Crippen molar-refractivity contribution in [3.63, 3.8) is 0 Å². The highest BCUT2D eigenvalue weighted by Crippen LogP contribution is 2.40. The number of ketones is 1. The summed E-state index contributed by atoms with van der Waals surface area (Å²) in [5.41, 5.74) is 2.35. The number of carbonyl (C=O) groups excluding carboxylic acids is 2. The average Bonchev–Trinajstić information content (AvgIpc) is 3.28. The van der Waals surface area contributed by atoms with Crippen LogP contribution in [-0.4, -0.2) is 59.4 Å². The number of aliphatic hydroxyl groups excluding tert-OH is 1. The Hall–Kier alpha value is -4.10. The van der Waals surface area contributed by atoms with Crippen LogP contribution in [0, 0.1) is 0 Å². The van der Waals surface area contributed by atoms with Gasteiger partial charge in [-0.25, -0.2) is 0 Å². The van der Waals surface area contributed by atoms with Crippen LogP contribution in [0.25, 0.3) is 5.76 Å². The fourth-order valence-electron chi connectivity index (χ4n) is 5.15. The summed E-state index contributed by atoms with van der Waals surface area (Å²) in [6, 6.07) is 23.6. The number of amides is 1. The van der Waals surface area contributed by atoms with E-state index in [0.29, 0.717) is 31.1 Å². The van der Waals surface area contributed by atoms with E-state index >= 15 is 0 Å². The lowest BCUT2D eigenvalue weighted by Crippen LogP contribution is -2.33. The minimum absolute atomic E-state index is 0.0976. The van der Waals surface area contributed by atoms with Crippen molar-refractivity contribution in [3.05, 3.63) is 101 Å². The zero-order valence-corrected chi connectivity index (χ0v) is 24.9. The van der Waals surface area contributed by atoms with Crippen LogP contribution in [0.4, 0.5) is 0 Å². The average molecular weight is 571 g/mol. The van der Waals surface area contributed by atoms with Crippen molar-refractivity contribution in [2.75, 3.05) is 32.8 Å². The predicted molar refractivity (Wildman–Crippen MR) is 165 cm³/mol. The Balaban J connectivity index is 1.61. The second-order valence-corrected chi connectivity index (χ2v) is 10.4. The molecule has 3 aromatic rings. The number of Topliss-reactive ketones (excluding diaryl/α,β-unsaturated/α-hetero) is 1. The maximum Gasteiger partial charge on any atom is 0.295 e. The van der Waals surface area contributed by atoms with E-state index in [4.69, 9.17) is 9.47 Å². The Labute approximate surface area is 249 Å². The van der Waals surface area contributed by atoms with Gasteiger partial charge in [-0.05, 0) is 80.0 Å². The molecule has 0 unspecified atom stereocenters. The fourth-order valence-corrected chi connectivity index (χ4v) is 5.15. The van der Waals surface area contributed by atoms with Gasteiger partial charge in [0.2, 0.25) is 0 Å². The summed E-state index contributed by atoms with van der Waals surface area (Å²) in [6.45, 7) is 10.4. The molecule has 1 N–H and O–H groups in total. The molecule has 0 aliphatic carbocycles. The lowest BCUT2D eigenvalue weighted by Gasteiger charge is -2.27. The van der Waals surface area contributed by atoms with Gasteiger partial charge in [0.1, 0.15) is 23.9 Å². The van der Waals surface area contributed by atoms with Crippen molar-refractivity contribution in [3.8, 4) is 11.5 Å². The normalized spacial score (nSPS) is 16.3. The second kappa shape index (κ2) is 15.2. The molecule has 7 nitrogen and oxygen atoms in total. The van der Waals surface area contributed by atoms with Gasteiger partial charge in [-0.3, -0.25) is 9.59 Å². The first-order chi connectivity index (χ1) is 20.5. The minimum atomic E-state index is -0.694. The molecule has 4 rings (SSSR count). The van der Waals surface area contributed by atoms with E-state index in [2.05, 4.69) is 25.7 Å². The molecule has 42 heavy (non-hydrogen) atoms. The summed E-state index contributed by atoms with van der Waals surface area (Å²) in [5.74, 6) is -0.0816. The summed E-state index contributed by atoms with van der Waals surface area (Å²) in [7, 11) is 0. The predicted octanol–water partition coefficient (Wildman–Crippen LogP) is 6.60. The smallest absolute Gasteiger partial charge is 0.295 e. The molecule has 222 valence electrons. The minimum Gasteiger partial charge on any atom is -0.507 e. The van der Waals surface area contributed by atoms with Crippen molar-refractivity contribution in [1.29, 1.82) is 0 Å². The number of aliphatic hydroxyl groups is 1. The number of rotatable bonds is 15. The van der Waals surface area contributed by atoms with Gasteiger partial charge in [0.05, 0.1) is 18.2 Å². The number of ether oxygens (including phenoxy) is 2. The topological polar surface area (TPSA) is 79.3 Å². The van der Waals surface area contributed by atoms with Crippen molar-refractivity contribution in [1.82, 2.24) is 9.80 Å². The number of carbonyl (C=O) groups is 2. The maximum atomic E-state index is 13.4. The van der Waals surface area contributed by atoms with Crippen LogP contribution < -0.4 is 9.47 Å². The Morgan fingerprint density at radius 3 is 2.12 bits per heavy atom. The lowest BCUT2D eigenvalue weighted by molar-refractivity contribution is -0.140. The molecule has 1 aliphatic rings. The summed E-state index contributed by atoms with van der Waals surface area (Å²) < 4.78 is 11.7. The molecule has 3 aromatic carbocycles. The molecule has 1 saturated heterocycles. The second-order valence-electron chi connectivity index (χ2n) is 10.4. The number of hydrogen-bond donors (Lipinski definition) is 1. The molecule has 7 heteroatoms. The van der Waals surface area contributed by atoms with E-state index in [9.17, 15) is 14.7 Å². The van der Waals surface area contributed by atoms with E-state index in [1.807, 2.05) is 54.6 Å². The third kappa shape index (κ3) is 7.59. The molecule has 1 atom stereocenters. The molecule has 1 amide bonds. The summed E-state index contributed by atoms with van der Waals surface area (Å²) >= 11 is 0. The molecule has 0 radical (unpaired) electrons. The first-order valence-electron chi connectivity index (χ1n) is 15.0. The molecular formula is C35H42N2O5. The maximum absolute atomic E-state index is 13.4. The fraction of sp³-hybridized carbons (Fsp3) is 0.371. The van der Waals surface area contributed by atoms with Gasteiger partial charge >= 0.3 is 0 Å². The quantitative estimate of drug-likeness (QED) is 0.0960. The lowest BCUT2D eigenvalue weighted by atomic mass is 9.95. The molecule has 0 bridgehead atoms. The van der Waals surface area contributed by atoms with E-state index in [-0.39, 0.29) is 11.3 Å². The Morgan fingerprint density at radius 2 is 1.48 bits per heavy atom. The number of nitrogens with zero attached hydrogens (tertiary/aromatic N) is 2. The van der Waals surface area contributed by atoms with Crippen molar-refractivity contribution in [2.24, 2.45) is 0 Å². The van der Waals surface area contributed by atoms with E-state index in [0.717, 1.165) is 55.8 Å². The molecule has 0 saturated carbocycles. The SMILES string of the molecule is CCCCOc1ccc([C@H]2C(=C(O)c3ccc(OCc4ccccc4)cc3)C(=O)C(=O)N2CCCN(CC)CC)cc1. The molecule has 0 aromatic heterocycles. The van der Waals surface area contributed by atoms with Crippen molar-refractivity contribution < 1.29 is 24.2 Å². The van der Waals surface area contributed by atoms with Gasteiger partial charge in [0, 0.05) is 12.1 Å². The third-order valence-corrected chi connectivity index (χ3v) is 7.65. The highest BCUT2D eigenvalue weighted by Gasteiger charge is 2.45. The zero-order chi connectivity index (χ0) is 29.9. The summed E-state index contributed by atoms with van der Waals surface area (Å²) in [4.78, 5) is 30.6. The van der Waals surface area contributed by atoms with Crippen LogP contribution in [0.1, 0.15) is 62.8 Å². The van der Waals surface area contributed by atoms with E-state index < -0.39 is 17.7 Å². The molecule has 1 heterocycles. The Bertz CT molecular complexity index is 1330. The van der Waals surface area contributed by atoms with Gasteiger partial charge in [-0.2, -0.15) is 0 Å². The molecule has 1 fully saturated rings. The van der Waals surface area contributed by atoms with Crippen molar-refractivity contribution in [2.45, 2.75) is 52.7 Å². The summed E-state index contributed by atoms with van der Waals surface area (Å²) in [5, 5.41) is 11.5. The van der Waals surface area contributed by atoms with Crippen LogP contribution in [0.15, 0.2) is 84.4 Å². The van der Waals surface area contributed by atoms with Gasteiger partial charge in [0.25, 0.3) is 11.7 Å². The van der Waals surface area contributed by atoms with Crippen LogP contribution in [-0.2, 0) is 16.2 Å². The van der Waals surface area contributed by atoms with Crippen LogP contribution in [0.3, 0.4) is 0 Å². The van der Waals surface area contributed by atoms with E-state index in [1.54, 1.807) is 29.2 Å². The number of benzene rings is 3. The largest absolute Gasteiger partial charge is 0.507 e. The first-order valence-corrected chi connectivity index (χ1v) is 15.0. The molecule has 1 aliphatic heterocycles. The van der Waals surface area contributed by atoms with Gasteiger partial charge < -0.3 is 24.4 Å². The van der Waals surface area contributed by atoms with Crippen molar-refractivity contribution >= 4 is 17.4 Å². The molecular weight excluding hydrogens is 528 g/mol. The number of hydrogen-bond acceptors (Lipinski definition) is 6. The van der Waals surface area contributed by atoms with Gasteiger partial charge in [0.15, 0.2) is 0 Å². The van der Waals surface area contributed by atoms with E-state index in [1.165, 1.54) is 0 Å². The monoisotopic (exact) mass is 570 g/mol. The van der Waals surface area contributed by atoms with Gasteiger partial charge in [-0.1, -0.05) is 69.7 Å². The van der Waals surface area contributed by atoms with Crippen LogP contribution >= 0.6 is 0 Å². The standard InChI is InChI=1S/C35H42N2O5/c1-4-7-24-41-29-18-14-27(15-19-29)32-31(34(39)35(40)37(32)23-11-22-36(5-2)6-3)33(38)28-16-20-30(21-17-28)42-25-26-12-9-8-10-13-26/h8-10,12-21,32,38H,4-7,11,22-25H2,1-3H3/t32-/m0/s1. The Morgan fingerprint density at radius 1 is 0.833 bits per heavy atom. The summed E-state index contributed by atoms with van der Waals surface area (Å²) in [6.07, 6.45) is 2.72. The van der Waals surface area contributed by atoms with Crippen LogP contribution in [0.2, 0.25) is 0 Å². The number of likely N-dealkylation sites (tertiary alicyclic amines) is 1. The third-order valence-electron chi connectivity index (χ3n) is 7.65. The zero-order valence-electron chi connectivity index (χ0n) is 24.9. The van der Waals surface area contributed by atoms with Gasteiger partial charge in [-0.15, -0.1) is 0 Å². The highest BCUT2D eigenvalue weighted by molar-refractivity contribution is 6.46. The number of unbranched alkanes of at least 4 members (excludes halogenated alkanes) is 1. The van der Waals surface area contributed by atoms with Crippen LogP contribution in [0.5, 0.6) is 11.5 Å². The Kier molecular flexibility index (Phi) is 11.2. The first kappa shape index (κ1) is 30.8.